The van der Waals surface area contributed by atoms with Crippen LogP contribution in [0.2, 0.25) is 5.02 Å². The van der Waals surface area contributed by atoms with E-state index < -0.39 is 10.0 Å². The summed E-state index contributed by atoms with van der Waals surface area (Å²) in [5.41, 5.74) is 1.46. The van der Waals surface area contributed by atoms with E-state index in [1.165, 1.54) is 6.07 Å². The smallest absolute Gasteiger partial charge is 0.266 e. The zero-order valence-electron chi connectivity index (χ0n) is 11.7. The third-order valence-corrected chi connectivity index (χ3v) is 4.94. The third kappa shape index (κ3) is 2.93. The first kappa shape index (κ1) is 14.9. The average Bonchev–Trinajstić information content (AvgIpc) is 2.48. The van der Waals surface area contributed by atoms with Crippen LogP contribution in [0.3, 0.4) is 0 Å². The van der Waals surface area contributed by atoms with Crippen molar-refractivity contribution >= 4 is 33.3 Å². The summed E-state index contributed by atoms with van der Waals surface area (Å²) in [7, 11) is -3.67. The first-order valence-electron chi connectivity index (χ1n) is 6.68. The zero-order chi connectivity index (χ0) is 15.7. The second-order valence-corrected chi connectivity index (χ2v) is 7.02. The lowest BCUT2D eigenvalue weighted by Crippen LogP contribution is -2.40. The molecule has 0 amide bonds. The Hall–Kier alpha value is -2.05. The molecule has 0 aromatic heterocycles. The molecular formula is C15H14ClN3O2S. The van der Waals surface area contributed by atoms with Gasteiger partial charge in [-0.15, -0.1) is 0 Å². The van der Waals surface area contributed by atoms with Crippen molar-refractivity contribution in [2.24, 2.45) is 4.99 Å². The van der Waals surface area contributed by atoms with Crippen LogP contribution in [0.15, 0.2) is 58.4 Å². The second-order valence-electron chi connectivity index (χ2n) is 4.94. The van der Waals surface area contributed by atoms with Gasteiger partial charge in [-0.2, -0.15) is 0 Å². The lowest BCUT2D eigenvalue weighted by atomic mass is 10.1. The van der Waals surface area contributed by atoms with Crippen molar-refractivity contribution in [3.05, 3.63) is 59.1 Å². The van der Waals surface area contributed by atoms with Gasteiger partial charge in [-0.1, -0.05) is 41.9 Å². The lowest BCUT2D eigenvalue weighted by molar-refractivity contribution is 0.591. The van der Waals surface area contributed by atoms with Gasteiger partial charge in [-0.3, -0.25) is 0 Å². The molecule has 7 heteroatoms. The predicted octanol–water partition coefficient (Wildman–Crippen LogP) is 3.16. The number of aliphatic imine (C=N–C) groups is 1. The predicted molar refractivity (Wildman–Crippen MR) is 87.7 cm³/mol. The zero-order valence-corrected chi connectivity index (χ0v) is 13.3. The van der Waals surface area contributed by atoms with Crippen molar-refractivity contribution in [3.63, 3.8) is 0 Å². The molecule has 2 aromatic rings. The Morgan fingerprint density at radius 1 is 1.14 bits per heavy atom. The van der Waals surface area contributed by atoms with Gasteiger partial charge >= 0.3 is 0 Å². The summed E-state index contributed by atoms with van der Waals surface area (Å²) in [5.74, 6) is 0.200. The van der Waals surface area contributed by atoms with E-state index in [0.29, 0.717) is 10.7 Å². The SMILES string of the molecule is CC(N=C1Nc2ccc(Cl)cc2S(=O)(=O)N1)c1ccccc1. The van der Waals surface area contributed by atoms with Crippen LogP contribution >= 0.6 is 11.6 Å². The maximum atomic E-state index is 12.3. The Labute approximate surface area is 134 Å². The number of anilines is 1. The monoisotopic (exact) mass is 335 g/mol. The fourth-order valence-corrected chi connectivity index (χ4v) is 3.61. The van der Waals surface area contributed by atoms with Crippen LogP contribution in [0.25, 0.3) is 0 Å². The Morgan fingerprint density at radius 2 is 1.86 bits per heavy atom. The summed E-state index contributed by atoms with van der Waals surface area (Å²) < 4.78 is 27.0. The molecule has 0 saturated heterocycles. The van der Waals surface area contributed by atoms with Crippen molar-refractivity contribution in [3.8, 4) is 0 Å². The normalized spacial score (nSPS) is 18.9. The summed E-state index contributed by atoms with van der Waals surface area (Å²) in [6.07, 6.45) is 0. The highest BCUT2D eigenvalue weighted by molar-refractivity contribution is 7.90. The molecule has 1 unspecified atom stereocenters. The van der Waals surface area contributed by atoms with Gasteiger partial charge in [0.2, 0.25) is 5.96 Å². The number of hydrogen-bond donors (Lipinski definition) is 2. The van der Waals surface area contributed by atoms with Gasteiger partial charge in [0.25, 0.3) is 10.0 Å². The summed E-state index contributed by atoms with van der Waals surface area (Å²) in [5, 5.41) is 3.35. The minimum absolute atomic E-state index is 0.117. The van der Waals surface area contributed by atoms with Gasteiger partial charge in [0.05, 0.1) is 11.7 Å². The molecule has 0 aliphatic carbocycles. The molecule has 1 heterocycles. The van der Waals surface area contributed by atoms with Crippen LogP contribution in [0, 0.1) is 0 Å². The molecular weight excluding hydrogens is 322 g/mol. The lowest BCUT2D eigenvalue weighted by Gasteiger charge is -2.22. The standard InChI is InChI=1S/C15H14ClN3O2S/c1-10(11-5-3-2-4-6-11)17-15-18-13-8-7-12(16)9-14(13)22(20,21)19-15/h2-10H,1H3,(H2,17,18,19). The number of nitrogens with zero attached hydrogens (tertiary/aromatic N) is 1. The quantitative estimate of drug-likeness (QED) is 0.885. The maximum Gasteiger partial charge on any atom is 0.266 e. The number of fused-ring (bicyclic) bond motifs is 1. The largest absolute Gasteiger partial charge is 0.324 e. The molecule has 2 aromatic carbocycles. The molecule has 114 valence electrons. The van der Waals surface area contributed by atoms with E-state index in [1.807, 2.05) is 37.3 Å². The van der Waals surface area contributed by atoms with Crippen LogP contribution in [-0.4, -0.2) is 14.4 Å². The van der Waals surface area contributed by atoms with Crippen LogP contribution in [-0.2, 0) is 10.0 Å². The molecule has 1 aliphatic rings. The van der Waals surface area contributed by atoms with E-state index in [0.717, 1.165) is 5.56 Å². The van der Waals surface area contributed by atoms with Gasteiger partial charge in [0, 0.05) is 5.02 Å². The Balaban J connectivity index is 1.95. The van der Waals surface area contributed by atoms with Gasteiger partial charge in [0.1, 0.15) is 4.90 Å². The molecule has 5 nitrogen and oxygen atoms in total. The summed E-state index contributed by atoms with van der Waals surface area (Å²) >= 11 is 5.85. The number of guanidine groups is 1. The molecule has 0 fully saturated rings. The third-order valence-electron chi connectivity index (χ3n) is 3.32. The van der Waals surface area contributed by atoms with E-state index in [2.05, 4.69) is 15.0 Å². The highest BCUT2D eigenvalue weighted by Gasteiger charge is 2.27. The number of rotatable bonds is 2. The van der Waals surface area contributed by atoms with Crippen LogP contribution in [0.1, 0.15) is 18.5 Å². The van der Waals surface area contributed by atoms with E-state index in [-0.39, 0.29) is 16.9 Å². The molecule has 22 heavy (non-hydrogen) atoms. The molecule has 0 saturated carbocycles. The highest BCUT2D eigenvalue weighted by Crippen LogP contribution is 2.28. The van der Waals surface area contributed by atoms with Gasteiger partial charge < -0.3 is 5.32 Å². The molecule has 1 aliphatic heterocycles. The summed E-state index contributed by atoms with van der Waals surface area (Å²) in [6.45, 7) is 1.90. The highest BCUT2D eigenvalue weighted by atomic mass is 35.5. The van der Waals surface area contributed by atoms with Crippen molar-refractivity contribution in [1.29, 1.82) is 0 Å². The van der Waals surface area contributed by atoms with Crippen molar-refractivity contribution in [2.75, 3.05) is 5.32 Å². The number of hydrogen-bond acceptors (Lipinski definition) is 3. The average molecular weight is 336 g/mol. The van der Waals surface area contributed by atoms with Crippen LogP contribution < -0.4 is 10.0 Å². The van der Waals surface area contributed by atoms with Gasteiger partial charge in [-0.05, 0) is 30.7 Å². The first-order valence-corrected chi connectivity index (χ1v) is 8.54. The van der Waals surface area contributed by atoms with Crippen molar-refractivity contribution in [2.45, 2.75) is 17.9 Å². The van der Waals surface area contributed by atoms with E-state index >= 15 is 0 Å². The first-order chi connectivity index (χ1) is 10.5. The van der Waals surface area contributed by atoms with E-state index in [1.54, 1.807) is 12.1 Å². The van der Waals surface area contributed by atoms with Crippen molar-refractivity contribution in [1.82, 2.24) is 4.72 Å². The van der Waals surface area contributed by atoms with Gasteiger partial charge in [0.15, 0.2) is 0 Å². The Morgan fingerprint density at radius 3 is 2.59 bits per heavy atom. The van der Waals surface area contributed by atoms with E-state index in [4.69, 9.17) is 11.6 Å². The number of benzene rings is 2. The summed E-state index contributed by atoms with van der Waals surface area (Å²) in [6, 6.07) is 14.1. The Bertz CT molecular complexity index is 835. The van der Waals surface area contributed by atoms with Gasteiger partial charge in [-0.25, -0.2) is 18.1 Å². The fourth-order valence-electron chi connectivity index (χ4n) is 2.22. The maximum absolute atomic E-state index is 12.3. The second kappa shape index (κ2) is 5.62. The molecule has 1 atom stereocenters. The number of nitrogens with one attached hydrogen (secondary N) is 2. The topological polar surface area (TPSA) is 70.6 Å². The minimum atomic E-state index is -3.67. The van der Waals surface area contributed by atoms with E-state index in [9.17, 15) is 8.42 Å². The molecule has 3 rings (SSSR count). The molecule has 2 N–H and O–H groups in total. The number of sulfonamides is 1. The number of halogens is 1. The van der Waals surface area contributed by atoms with Crippen molar-refractivity contribution < 1.29 is 8.42 Å². The Kier molecular flexibility index (Phi) is 3.80. The minimum Gasteiger partial charge on any atom is -0.324 e. The fraction of sp³-hybridized carbons (Fsp3) is 0.133. The molecule has 0 spiro atoms. The summed E-state index contributed by atoms with van der Waals surface area (Å²) in [4.78, 5) is 4.52. The molecule has 0 radical (unpaired) electrons. The molecule has 0 bridgehead atoms. The van der Waals surface area contributed by atoms with Crippen LogP contribution in [0.4, 0.5) is 5.69 Å². The van der Waals surface area contributed by atoms with Crippen LogP contribution in [0.5, 0.6) is 0 Å².